The minimum atomic E-state index is -0.629. The molecule has 0 radical (unpaired) electrons. The SMILES string of the molecule is CC(C#N)CNC(=O)C(N)c1cccs1. The van der Waals surface area contributed by atoms with Gasteiger partial charge in [0.15, 0.2) is 0 Å². The second-order valence-electron chi connectivity index (χ2n) is 3.27. The Morgan fingerprint density at radius 3 is 3.07 bits per heavy atom. The summed E-state index contributed by atoms with van der Waals surface area (Å²) in [7, 11) is 0. The van der Waals surface area contributed by atoms with Gasteiger partial charge in [-0.15, -0.1) is 11.3 Å². The molecule has 0 spiro atoms. The molecule has 80 valence electrons. The third-order valence-electron chi connectivity index (χ3n) is 1.94. The van der Waals surface area contributed by atoms with Crippen LogP contribution in [0.2, 0.25) is 0 Å². The molecular formula is C10H13N3OS. The number of carbonyl (C=O) groups excluding carboxylic acids is 1. The molecule has 0 saturated carbocycles. The first-order valence-corrected chi connectivity index (χ1v) is 5.49. The quantitative estimate of drug-likeness (QED) is 0.800. The van der Waals surface area contributed by atoms with Gasteiger partial charge in [0.25, 0.3) is 0 Å². The molecule has 0 aliphatic rings. The van der Waals surface area contributed by atoms with E-state index in [1.54, 1.807) is 6.92 Å². The van der Waals surface area contributed by atoms with Crippen molar-refractivity contribution in [1.29, 1.82) is 5.26 Å². The van der Waals surface area contributed by atoms with Crippen LogP contribution in [0.3, 0.4) is 0 Å². The van der Waals surface area contributed by atoms with Crippen molar-refractivity contribution in [1.82, 2.24) is 5.32 Å². The predicted octanol–water partition coefficient (Wildman–Crippen LogP) is 1.02. The molecule has 2 atom stereocenters. The van der Waals surface area contributed by atoms with E-state index in [4.69, 9.17) is 11.0 Å². The van der Waals surface area contributed by atoms with Crippen molar-refractivity contribution in [3.63, 3.8) is 0 Å². The average molecular weight is 223 g/mol. The van der Waals surface area contributed by atoms with Gasteiger partial charge in [0, 0.05) is 11.4 Å². The number of nitrogens with zero attached hydrogens (tertiary/aromatic N) is 1. The first-order chi connectivity index (χ1) is 7.15. The van der Waals surface area contributed by atoms with Crippen LogP contribution in [0, 0.1) is 17.2 Å². The van der Waals surface area contributed by atoms with Crippen LogP contribution in [-0.2, 0) is 4.79 Å². The van der Waals surface area contributed by atoms with E-state index in [1.807, 2.05) is 23.6 Å². The molecule has 1 rings (SSSR count). The molecule has 0 aliphatic carbocycles. The number of amides is 1. The lowest BCUT2D eigenvalue weighted by atomic mass is 10.2. The highest BCUT2D eigenvalue weighted by atomic mass is 32.1. The zero-order chi connectivity index (χ0) is 11.3. The number of hydrogen-bond donors (Lipinski definition) is 2. The molecule has 15 heavy (non-hydrogen) atoms. The molecule has 2 unspecified atom stereocenters. The van der Waals surface area contributed by atoms with Crippen molar-refractivity contribution >= 4 is 17.2 Å². The highest BCUT2D eigenvalue weighted by Gasteiger charge is 2.16. The number of nitrogens with two attached hydrogens (primary N) is 1. The van der Waals surface area contributed by atoms with Crippen LogP contribution in [0.15, 0.2) is 17.5 Å². The highest BCUT2D eigenvalue weighted by Crippen LogP contribution is 2.16. The number of hydrogen-bond acceptors (Lipinski definition) is 4. The Labute approximate surface area is 92.7 Å². The van der Waals surface area contributed by atoms with Crippen LogP contribution in [0.5, 0.6) is 0 Å². The lowest BCUT2D eigenvalue weighted by molar-refractivity contribution is -0.122. The van der Waals surface area contributed by atoms with Crippen molar-refractivity contribution < 1.29 is 4.79 Å². The Balaban J connectivity index is 2.45. The van der Waals surface area contributed by atoms with E-state index in [2.05, 4.69) is 5.32 Å². The van der Waals surface area contributed by atoms with Crippen LogP contribution in [0.1, 0.15) is 17.8 Å². The fourth-order valence-electron chi connectivity index (χ4n) is 1.01. The third-order valence-corrected chi connectivity index (χ3v) is 2.89. The number of thiophene rings is 1. The summed E-state index contributed by atoms with van der Waals surface area (Å²) in [6.07, 6.45) is 0. The molecule has 4 nitrogen and oxygen atoms in total. The maximum absolute atomic E-state index is 11.5. The average Bonchev–Trinajstić information content (AvgIpc) is 2.77. The van der Waals surface area contributed by atoms with Gasteiger partial charge in [0.2, 0.25) is 5.91 Å². The Morgan fingerprint density at radius 2 is 2.53 bits per heavy atom. The summed E-state index contributed by atoms with van der Waals surface area (Å²) < 4.78 is 0. The molecule has 0 fully saturated rings. The van der Waals surface area contributed by atoms with E-state index in [0.717, 1.165) is 4.88 Å². The molecule has 3 N–H and O–H groups in total. The van der Waals surface area contributed by atoms with Crippen molar-refractivity contribution in [3.8, 4) is 6.07 Å². The Kier molecular flexibility index (Phi) is 4.28. The van der Waals surface area contributed by atoms with Gasteiger partial charge in [-0.1, -0.05) is 6.07 Å². The molecule has 1 amide bonds. The molecular weight excluding hydrogens is 210 g/mol. The van der Waals surface area contributed by atoms with Gasteiger partial charge in [-0.05, 0) is 18.4 Å². The van der Waals surface area contributed by atoms with Gasteiger partial charge >= 0.3 is 0 Å². The van der Waals surface area contributed by atoms with Gasteiger partial charge in [-0.2, -0.15) is 5.26 Å². The molecule has 5 heteroatoms. The van der Waals surface area contributed by atoms with Gasteiger partial charge in [-0.25, -0.2) is 0 Å². The number of rotatable bonds is 4. The molecule has 1 heterocycles. The molecule has 0 bridgehead atoms. The summed E-state index contributed by atoms with van der Waals surface area (Å²) in [5.41, 5.74) is 5.73. The fraction of sp³-hybridized carbons (Fsp3) is 0.400. The van der Waals surface area contributed by atoms with E-state index in [9.17, 15) is 4.79 Å². The molecule has 1 aromatic heterocycles. The standard InChI is InChI=1S/C10H13N3OS/c1-7(5-11)6-13-10(14)9(12)8-3-2-4-15-8/h2-4,7,9H,6,12H2,1H3,(H,13,14). The van der Waals surface area contributed by atoms with Crippen LogP contribution in [0.4, 0.5) is 0 Å². The highest BCUT2D eigenvalue weighted by molar-refractivity contribution is 7.10. The maximum Gasteiger partial charge on any atom is 0.242 e. The zero-order valence-corrected chi connectivity index (χ0v) is 9.25. The predicted molar refractivity (Wildman–Crippen MR) is 59.0 cm³/mol. The van der Waals surface area contributed by atoms with Crippen LogP contribution >= 0.6 is 11.3 Å². The Morgan fingerprint density at radius 1 is 1.80 bits per heavy atom. The normalized spacial score (nSPS) is 13.9. The minimum absolute atomic E-state index is 0.190. The van der Waals surface area contributed by atoms with E-state index >= 15 is 0 Å². The van der Waals surface area contributed by atoms with E-state index < -0.39 is 6.04 Å². The van der Waals surface area contributed by atoms with E-state index in [0.29, 0.717) is 6.54 Å². The lowest BCUT2D eigenvalue weighted by Gasteiger charge is -2.11. The van der Waals surface area contributed by atoms with Crippen molar-refractivity contribution in [3.05, 3.63) is 22.4 Å². The number of nitriles is 1. The second-order valence-corrected chi connectivity index (χ2v) is 4.25. The summed E-state index contributed by atoms with van der Waals surface area (Å²) in [6.45, 7) is 2.09. The van der Waals surface area contributed by atoms with E-state index in [1.165, 1.54) is 11.3 Å². The molecule has 0 aromatic carbocycles. The van der Waals surface area contributed by atoms with E-state index in [-0.39, 0.29) is 11.8 Å². The zero-order valence-electron chi connectivity index (χ0n) is 8.43. The van der Waals surface area contributed by atoms with Crippen molar-refractivity contribution in [2.45, 2.75) is 13.0 Å². The van der Waals surface area contributed by atoms with Gasteiger partial charge in [0.1, 0.15) is 6.04 Å². The summed E-state index contributed by atoms with van der Waals surface area (Å²) in [4.78, 5) is 12.4. The van der Waals surface area contributed by atoms with Gasteiger partial charge < -0.3 is 11.1 Å². The van der Waals surface area contributed by atoms with Crippen LogP contribution in [0.25, 0.3) is 0 Å². The molecule has 0 aliphatic heterocycles. The van der Waals surface area contributed by atoms with Gasteiger partial charge in [-0.3, -0.25) is 4.79 Å². The Bertz CT molecular complexity index is 355. The van der Waals surface area contributed by atoms with Gasteiger partial charge in [0.05, 0.1) is 12.0 Å². The Hall–Kier alpha value is -1.38. The first-order valence-electron chi connectivity index (χ1n) is 4.61. The number of nitrogens with one attached hydrogen (secondary N) is 1. The fourth-order valence-corrected chi connectivity index (χ4v) is 1.73. The molecule has 1 aromatic rings. The smallest absolute Gasteiger partial charge is 0.242 e. The van der Waals surface area contributed by atoms with Crippen LogP contribution in [-0.4, -0.2) is 12.5 Å². The summed E-state index contributed by atoms with van der Waals surface area (Å²) in [5, 5.41) is 13.1. The third kappa shape index (κ3) is 3.35. The monoisotopic (exact) mass is 223 g/mol. The second kappa shape index (κ2) is 5.49. The minimum Gasteiger partial charge on any atom is -0.353 e. The summed E-state index contributed by atoms with van der Waals surface area (Å²) in [6, 6.07) is 5.09. The summed E-state index contributed by atoms with van der Waals surface area (Å²) in [5.74, 6) is -0.427. The maximum atomic E-state index is 11.5. The molecule has 0 saturated heterocycles. The lowest BCUT2D eigenvalue weighted by Crippen LogP contribution is -2.35. The largest absolute Gasteiger partial charge is 0.353 e. The first kappa shape index (κ1) is 11.7. The van der Waals surface area contributed by atoms with Crippen molar-refractivity contribution in [2.24, 2.45) is 11.7 Å². The van der Waals surface area contributed by atoms with Crippen molar-refractivity contribution in [2.75, 3.05) is 6.54 Å². The summed E-state index contributed by atoms with van der Waals surface area (Å²) >= 11 is 1.45. The number of carbonyl (C=O) groups is 1. The topological polar surface area (TPSA) is 78.9 Å². The van der Waals surface area contributed by atoms with Crippen LogP contribution < -0.4 is 11.1 Å².